The molecule has 0 spiro atoms. The number of Topliss-reactive ketones (excluding diaryl/α,β-unsaturated/α-hetero) is 1. The molecule has 0 amide bonds. The molecule has 1 aliphatic heterocycles. The van der Waals surface area contributed by atoms with E-state index < -0.39 is 0 Å². The van der Waals surface area contributed by atoms with Gasteiger partial charge in [-0.25, -0.2) is 9.97 Å². The maximum Gasteiger partial charge on any atom is 0.197 e. The van der Waals surface area contributed by atoms with E-state index in [1.54, 1.807) is 12.5 Å². The third kappa shape index (κ3) is 2.10. The summed E-state index contributed by atoms with van der Waals surface area (Å²) in [4.78, 5) is 23.6. The number of ketones is 1. The van der Waals surface area contributed by atoms with E-state index in [4.69, 9.17) is 0 Å². The Kier molecular flexibility index (Phi) is 2.93. The van der Waals surface area contributed by atoms with Gasteiger partial charge in [-0.3, -0.25) is 14.1 Å². The average molecular weight is 280 g/mol. The van der Waals surface area contributed by atoms with Crippen molar-refractivity contribution in [2.24, 2.45) is 0 Å². The topological polar surface area (TPSA) is 50.5 Å². The Balaban J connectivity index is 1.82. The van der Waals surface area contributed by atoms with Crippen LogP contribution in [0.5, 0.6) is 0 Å². The lowest BCUT2D eigenvalue weighted by Crippen LogP contribution is -2.27. The summed E-state index contributed by atoms with van der Waals surface area (Å²) in [5.41, 5.74) is 3.12. The molecule has 5 nitrogen and oxygen atoms in total. The molecular formula is C16H16N4O. The highest BCUT2D eigenvalue weighted by molar-refractivity contribution is 6.03. The molecule has 21 heavy (non-hydrogen) atoms. The quantitative estimate of drug-likeness (QED) is 0.690. The normalized spacial score (nSPS) is 16.0. The van der Waals surface area contributed by atoms with E-state index in [1.807, 2.05) is 28.7 Å². The number of hydrogen-bond donors (Lipinski definition) is 0. The van der Waals surface area contributed by atoms with Gasteiger partial charge in [0.05, 0.1) is 35.6 Å². The molecule has 4 rings (SSSR count). The van der Waals surface area contributed by atoms with Gasteiger partial charge in [0.15, 0.2) is 5.78 Å². The standard InChI is InChI=1S/C16H16N4O/c21-15(10-19-7-3-4-8-19)16-14-9-17-11-20(14)13-6-2-1-5-12(13)18-16/h1-2,5-6,9,11H,3-4,7-8,10H2. The fourth-order valence-corrected chi connectivity index (χ4v) is 3.03. The molecule has 0 N–H and O–H groups in total. The van der Waals surface area contributed by atoms with Crippen LogP contribution in [0.4, 0.5) is 0 Å². The van der Waals surface area contributed by atoms with Crippen LogP contribution < -0.4 is 0 Å². The van der Waals surface area contributed by atoms with Gasteiger partial charge in [-0.15, -0.1) is 0 Å². The summed E-state index contributed by atoms with van der Waals surface area (Å²) in [7, 11) is 0. The lowest BCUT2D eigenvalue weighted by molar-refractivity contribution is 0.0942. The number of imidazole rings is 1. The summed E-state index contributed by atoms with van der Waals surface area (Å²) < 4.78 is 1.94. The highest BCUT2D eigenvalue weighted by Crippen LogP contribution is 2.19. The van der Waals surface area contributed by atoms with Gasteiger partial charge in [-0.05, 0) is 38.1 Å². The summed E-state index contributed by atoms with van der Waals surface area (Å²) in [6.45, 7) is 2.47. The van der Waals surface area contributed by atoms with E-state index in [2.05, 4.69) is 14.9 Å². The van der Waals surface area contributed by atoms with Crippen LogP contribution in [0.1, 0.15) is 23.3 Å². The maximum atomic E-state index is 12.6. The molecule has 1 saturated heterocycles. The zero-order chi connectivity index (χ0) is 14.2. The summed E-state index contributed by atoms with van der Waals surface area (Å²) in [5, 5.41) is 0. The molecular weight excluding hydrogens is 264 g/mol. The van der Waals surface area contributed by atoms with Gasteiger partial charge < -0.3 is 0 Å². The molecule has 5 heteroatoms. The number of nitrogens with zero attached hydrogens (tertiary/aromatic N) is 4. The average Bonchev–Trinajstić information content (AvgIpc) is 3.17. The van der Waals surface area contributed by atoms with Crippen molar-refractivity contribution in [3.63, 3.8) is 0 Å². The Morgan fingerprint density at radius 2 is 1.95 bits per heavy atom. The second kappa shape index (κ2) is 4.93. The molecule has 0 atom stereocenters. The summed E-state index contributed by atoms with van der Waals surface area (Å²) in [5.74, 6) is 0.0770. The van der Waals surface area contributed by atoms with Crippen LogP contribution in [0.25, 0.3) is 16.6 Å². The fourth-order valence-electron chi connectivity index (χ4n) is 3.03. The maximum absolute atomic E-state index is 12.6. The fraction of sp³-hybridized carbons (Fsp3) is 0.312. The zero-order valence-corrected chi connectivity index (χ0v) is 11.7. The summed E-state index contributed by atoms with van der Waals surface area (Å²) in [6, 6.07) is 7.83. The Hall–Kier alpha value is -2.27. The van der Waals surface area contributed by atoms with Crippen LogP contribution in [0.2, 0.25) is 0 Å². The van der Waals surface area contributed by atoms with E-state index in [0.717, 1.165) is 29.6 Å². The van der Waals surface area contributed by atoms with Crippen LogP contribution in [0.15, 0.2) is 36.8 Å². The molecule has 2 aromatic heterocycles. The predicted octanol–water partition coefficient (Wildman–Crippen LogP) is 2.16. The number of benzene rings is 1. The number of fused-ring (bicyclic) bond motifs is 3. The Bertz CT molecular complexity index is 817. The first-order valence-corrected chi connectivity index (χ1v) is 7.29. The number of aromatic nitrogens is 3. The van der Waals surface area contributed by atoms with Gasteiger partial charge in [0.2, 0.25) is 0 Å². The number of rotatable bonds is 3. The molecule has 1 aliphatic rings. The van der Waals surface area contributed by atoms with Crippen molar-refractivity contribution < 1.29 is 4.79 Å². The number of likely N-dealkylation sites (tertiary alicyclic amines) is 1. The van der Waals surface area contributed by atoms with Crippen molar-refractivity contribution in [3.8, 4) is 0 Å². The molecule has 0 saturated carbocycles. The summed E-state index contributed by atoms with van der Waals surface area (Å²) >= 11 is 0. The third-order valence-electron chi connectivity index (χ3n) is 4.08. The first-order chi connectivity index (χ1) is 10.3. The van der Waals surface area contributed by atoms with E-state index in [9.17, 15) is 4.79 Å². The highest BCUT2D eigenvalue weighted by atomic mass is 16.1. The van der Waals surface area contributed by atoms with Crippen LogP contribution in [-0.2, 0) is 0 Å². The van der Waals surface area contributed by atoms with Crippen LogP contribution >= 0.6 is 0 Å². The van der Waals surface area contributed by atoms with Gasteiger partial charge in [-0.1, -0.05) is 12.1 Å². The number of carbonyl (C=O) groups excluding carboxylic acids is 1. The molecule has 3 heterocycles. The SMILES string of the molecule is O=C(CN1CCCC1)c1nc2ccccc2n2cncc12. The minimum Gasteiger partial charge on any atom is -0.296 e. The van der Waals surface area contributed by atoms with Crippen molar-refractivity contribution in [3.05, 3.63) is 42.5 Å². The van der Waals surface area contributed by atoms with Gasteiger partial charge >= 0.3 is 0 Å². The van der Waals surface area contributed by atoms with Crippen molar-refractivity contribution in [1.29, 1.82) is 0 Å². The minimum atomic E-state index is 0.0770. The Labute approximate surface area is 122 Å². The lowest BCUT2D eigenvalue weighted by atomic mass is 10.2. The minimum absolute atomic E-state index is 0.0770. The van der Waals surface area contributed by atoms with Gasteiger partial charge in [0.25, 0.3) is 0 Å². The van der Waals surface area contributed by atoms with E-state index >= 15 is 0 Å². The van der Waals surface area contributed by atoms with Crippen LogP contribution in [0.3, 0.4) is 0 Å². The molecule has 0 radical (unpaired) electrons. The van der Waals surface area contributed by atoms with Crippen molar-refractivity contribution in [1.82, 2.24) is 19.3 Å². The third-order valence-corrected chi connectivity index (χ3v) is 4.08. The molecule has 0 unspecified atom stereocenters. The Morgan fingerprint density at radius 1 is 1.14 bits per heavy atom. The number of carbonyl (C=O) groups is 1. The molecule has 3 aromatic rings. The predicted molar refractivity (Wildman–Crippen MR) is 80.5 cm³/mol. The highest BCUT2D eigenvalue weighted by Gasteiger charge is 2.20. The van der Waals surface area contributed by atoms with Gasteiger partial charge in [0.1, 0.15) is 5.69 Å². The summed E-state index contributed by atoms with van der Waals surface area (Å²) in [6.07, 6.45) is 5.82. The van der Waals surface area contributed by atoms with Crippen molar-refractivity contribution >= 4 is 22.3 Å². The zero-order valence-electron chi connectivity index (χ0n) is 11.7. The molecule has 106 valence electrons. The van der Waals surface area contributed by atoms with Crippen LogP contribution in [-0.4, -0.2) is 44.7 Å². The first kappa shape index (κ1) is 12.5. The Morgan fingerprint density at radius 3 is 2.81 bits per heavy atom. The second-order valence-electron chi connectivity index (χ2n) is 5.50. The lowest BCUT2D eigenvalue weighted by Gasteiger charge is -2.14. The molecule has 0 aliphatic carbocycles. The van der Waals surface area contributed by atoms with E-state index in [0.29, 0.717) is 12.2 Å². The van der Waals surface area contributed by atoms with Crippen molar-refractivity contribution in [2.75, 3.05) is 19.6 Å². The molecule has 1 aromatic carbocycles. The van der Waals surface area contributed by atoms with Crippen molar-refractivity contribution in [2.45, 2.75) is 12.8 Å². The molecule has 1 fully saturated rings. The molecule has 0 bridgehead atoms. The van der Waals surface area contributed by atoms with E-state index in [1.165, 1.54) is 12.8 Å². The van der Waals surface area contributed by atoms with Gasteiger partial charge in [-0.2, -0.15) is 0 Å². The largest absolute Gasteiger partial charge is 0.296 e. The monoisotopic (exact) mass is 280 g/mol. The number of hydrogen-bond acceptors (Lipinski definition) is 4. The van der Waals surface area contributed by atoms with E-state index in [-0.39, 0.29) is 5.78 Å². The van der Waals surface area contributed by atoms with Crippen LogP contribution in [0, 0.1) is 0 Å². The number of para-hydroxylation sites is 2. The van der Waals surface area contributed by atoms with Gasteiger partial charge in [0, 0.05) is 0 Å². The second-order valence-corrected chi connectivity index (χ2v) is 5.50. The smallest absolute Gasteiger partial charge is 0.197 e. The first-order valence-electron chi connectivity index (χ1n) is 7.29.